The lowest BCUT2D eigenvalue weighted by molar-refractivity contribution is -0.380. The zero-order chi connectivity index (χ0) is 12.3. The minimum absolute atomic E-state index is 0.211. The molecule has 0 amide bonds. The van der Waals surface area contributed by atoms with Gasteiger partial charge in [0.05, 0.1) is 11.0 Å². The Morgan fingerprint density at radius 3 is 3.00 bits per heavy atom. The van der Waals surface area contributed by atoms with Crippen LogP contribution in [0.15, 0.2) is 11.4 Å². The highest BCUT2D eigenvalue weighted by Crippen LogP contribution is 2.25. The predicted molar refractivity (Wildman–Crippen MR) is 66.2 cm³/mol. The fourth-order valence-electron chi connectivity index (χ4n) is 1.92. The van der Waals surface area contributed by atoms with E-state index in [9.17, 15) is 10.1 Å². The van der Waals surface area contributed by atoms with E-state index in [2.05, 4.69) is 5.32 Å². The molecule has 0 unspecified atom stereocenters. The summed E-state index contributed by atoms with van der Waals surface area (Å²) in [5.74, 6) is 0. The first kappa shape index (κ1) is 12.5. The number of nitrogens with one attached hydrogen (secondary N) is 1. The third kappa shape index (κ3) is 3.24. The van der Waals surface area contributed by atoms with Crippen LogP contribution < -0.4 is 5.32 Å². The molecule has 6 heteroatoms. The summed E-state index contributed by atoms with van der Waals surface area (Å²) in [6.07, 6.45) is 2.48. The molecule has 94 valence electrons. The Balaban J connectivity index is 1.70. The van der Waals surface area contributed by atoms with Gasteiger partial charge in [-0.25, -0.2) is 0 Å². The summed E-state index contributed by atoms with van der Waals surface area (Å²) in [5.41, 5.74) is 0.988. The van der Waals surface area contributed by atoms with Crippen LogP contribution in [0.3, 0.4) is 0 Å². The van der Waals surface area contributed by atoms with E-state index in [-0.39, 0.29) is 9.92 Å². The van der Waals surface area contributed by atoms with Gasteiger partial charge in [-0.3, -0.25) is 10.1 Å². The molecule has 2 rings (SSSR count). The van der Waals surface area contributed by atoms with Gasteiger partial charge in [0.1, 0.15) is 0 Å². The molecule has 1 N–H and O–H groups in total. The Bertz CT molecular complexity index is 388. The van der Waals surface area contributed by atoms with Gasteiger partial charge in [0.2, 0.25) is 0 Å². The minimum atomic E-state index is -0.345. The lowest BCUT2D eigenvalue weighted by atomic mass is 9.89. The maximum Gasteiger partial charge on any atom is 0.324 e. The molecule has 0 radical (unpaired) electrons. The number of hydrogen-bond acceptors (Lipinski definition) is 5. The van der Waals surface area contributed by atoms with Gasteiger partial charge in [-0.15, -0.1) is 0 Å². The molecule has 1 aliphatic rings. The normalized spacial score (nSPS) is 23.4. The third-order valence-electron chi connectivity index (χ3n) is 2.91. The van der Waals surface area contributed by atoms with Gasteiger partial charge < -0.3 is 10.1 Å². The van der Waals surface area contributed by atoms with Crippen LogP contribution in [0.25, 0.3) is 0 Å². The van der Waals surface area contributed by atoms with E-state index in [0.29, 0.717) is 18.7 Å². The Morgan fingerprint density at radius 1 is 1.65 bits per heavy atom. The van der Waals surface area contributed by atoms with Crippen molar-refractivity contribution in [3.63, 3.8) is 0 Å². The number of rotatable bonds is 6. The summed E-state index contributed by atoms with van der Waals surface area (Å²) < 4.78 is 5.47. The molecule has 1 aromatic rings. The largest absolute Gasteiger partial charge is 0.378 e. The first-order chi connectivity index (χ1) is 8.19. The first-order valence-electron chi connectivity index (χ1n) is 5.75. The van der Waals surface area contributed by atoms with E-state index >= 15 is 0 Å². The zero-order valence-corrected chi connectivity index (χ0v) is 10.5. The Morgan fingerprint density at radius 2 is 2.41 bits per heavy atom. The van der Waals surface area contributed by atoms with Crippen molar-refractivity contribution in [3.8, 4) is 0 Å². The molecule has 5 nitrogen and oxygen atoms in total. The van der Waals surface area contributed by atoms with Crippen molar-refractivity contribution in [2.75, 3.05) is 6.61 Å². The molecule has 0 saturated heterocycles. The summed E-state index contributed by atoms with van der Waals surface area (Å²) in [6, 6.07) is 2.13. The number of hydrogen-bond donors (Lipinski definition) is 1. The van der Waals surface area contributed by atoms with Crippen LogP contribution in [0.5, 0.6) is 0 Å². The Hall–Kier alpha value is -0.980. The number of nitro groups is 1. The van der Waals surface area contributed by atoms with Gasteiger partial charge in [0.15, 0.2) is 0 Å². The van der Waals surface area contributed by atoms with Gasteiger partial charge in [0.25, 0.3) is 0 Å². The number of thiophene rings is 1. The third-order valence-corrected chi connectivity index (χ3v) is 3.84. The molecule has 0 atom stereocenters. The van der Waals surface area contributed by atoms with Crippen LogP contribution in [0, 0.1) is 10.1 Å². The molecule has 1 heterocycles. The van der Waals surface area contributed by atoms with Crippen LogP contribution >= 0.6 is 11.3 Å². The van der Waals surface area contributed by atoms with Gasteiger partial charge >= 0.3 is 5.00 Å². The van der Waals surface area contributed by atoms with Crippen molar-refractivity contribution in [2.45, 2.75) is 38.5 Å². The predicted octanol–water partition coefficient (Wildman–Crippen LogP) is 2.31. The average molecular weight is 256 g/mol. The molecule has 17 heavy (non-hydrogen) atoms. The quantitative estimate of drug-likeness (QED) is 0.626. The van der Waals surface area contributed by atoms with Crippen molar-refractivity contribution in [3.05, 3.63) is 27.1 Å². The highest BCUT2D eigenvalue weighted by Gasteiger charge is 2.28. The monoisotopic (exact) mass is 256 g/mol. The molecule has 0 aliphatic heterocycles. The summed E-state index contributed by atoms with van der Waals surface area (Å²) >= 11 is 1.18. The zero-order valence-electron chi connectivity index (χ0n) is 9.72. The molecule has 1 fully saturated rings. The van der Waals surface area contributed by atoms with E-state index in [0.717, 1.165) is 25.0 Å². The molecule has 1 aromatic heterocycles. The molecule has 1 aliphatic carbocycles. The van der Waals surface area contributed by atoms with E-state index in [1.807, 2.05) is 12.3 Å². The second-order valence-corrected chi connectivity index (χ2v) is 5.07. The first-order valence-corrected chi connectivity index (χ1v) is 6.63. The van der Waals surface area contributed by atoms with Crippen LogP contribution in [0.2, 0.25) is 0 Å². The van der Waals surface area contributed by atoms with Gasteiger partial charge in [-0.05, 0) is 25.3 Å². The van der Waals surface area contributed by atoms with Gasteiger partial charge in [0, 0.05) is 30.6 Å². The summed E-state index contributed by atoms with van der Waals surface area (Å²) in [6.45, 7) is 3.48. The minimum Gasteiger partial charge on any atom is -0.378 e. The van der Waals surface area contributed by atoms with E-state index < -0.39 is 0 Å². The number of nitrogens with zero attached hydrogens (tertiary/aromatic N) is 1. The van der Waals surface area contributed by atoms with Gasteiger partial charge in [-0.2, -0.15) is 0 Å². The molecule has 1 saturated carbocycles. The molecule has 0 spiro atoms. The van der Waals surface area contributed by atoms with Gasteiger partial charge in [-0.1, -0.05) is 11.3 Å². The number of ether oxygens (including phenoxy) is 1. The standard InChI is InChI=1S/C11H16N2O3S/c1-2-16-10-4-9(5-10)12-6-8-3-11(13(14)15)17-7-8/h3,7,9-10,12H,2,4-6H2,1H3. The Labute approximate surface area is 104 Å². The highest BCUT2D eigenvalue weighted by molar-refractivity contribution is 7.13. The molecule has 0 aromatic carbocycles. The molecular weight excluding hydrogens is 240 g/mol. The Kier molecular flexibility index (Phi) is 4.09. The maximum atomic E-state index is 10.5. The second-order valence-electron chi connectivity index (χ2n) is 4.18. The van der Waals surface area contributed by atoms with Crippen molar-refractivity contribution in [2.24, 2.45) is 0 Å². The van der Waals surface area contributed by atoms with Crippen LogP contribution in [0.4, 0.5) is 5.00 Å². The van der Waals surface area contributed by atoms with E-state index in [1.165, 1.54) is 11.3 Å². The molecular formula is C11H16N2O3S. The fourth-order valence-corrected chi connectivity index (χ4v) is 2.65. The smallest absolute Gasteiger partial charge is 0.324 e. The van der Waals surface area contributed by atoms with Crippen LogP contribution in [-0.2, 0) is 11.3 Å². The summed E-state index contributed by atoms with van der Waals surface area (Å²) in [4.78, 5) is 10.2. The average Bonchev–Trinajstić information content (AvgIpc) is 2.70. The van der Waals surface area contributed by atoms with Crippen molar-refractivity contribution in [1.29, 1.82) is 0 Å². The summed E-state index contributed by atoms with van der Waals surface area (Å²) in [5, 5.41) is 15.9. The second kappa shape index (κ2) is 5.57. The topological polar surface area (TPSA) is 64.4 Å². The fraction of sp³-hybridized carbons (Fsp3) is 0.636. The van der Waals surface area contributed by atoms with Crippen molar-refractivity contribution < 1.29 is 9.66 Å². The van der Waals surface area contributed by atoms with E-state index in [1.54, 1.807) is 6.07 Å². The van der Waals surface area contributed by atoms with Crippen molar-refractivity contribution in [1.82, 2.24) is 5.32 Å². The van der Waals surface area contributed by atoms with Crippen molar-refractivity contribution >= 4 is 16.3 Å². The SMILES string of the molecule is CCOC1CC(NCc2csc([N+](=O)[O-])c2)C1. The molecule has 0 bridgehead atoms. The van der Waals surface area contributed by atoms with Crippen LogP contribution in [0.1, 0.15) is 25.3 Å². The summed E-state index contributed by atoms with van der Waals surface area (Å²) in [7, 11) is 0. The maximum absolute atomic E-state index is 10.5. The lowest BCUT2D eigenvalue weighted by Gasteiger charge is -2.35. The van der Waals surface area contributed by atoms with E-state index in [4.69, 9.17) is 4.74 Å². The highest BCUT2D eigenvalue weighted by atomic mass is 32.1. The van der Waals surface area contributed by atoms with Crippen LogP contribution in [-0.4, -0.2) is 23.7 Å². The lowest BCUT2D eigenvalue weighted by Crippen LogP contribution is -2.45.